The summed E-state index contributed by atoms with van der Waals surface area (Å²) in [5.41, 5.74) is 2.89. The Kier molecular flexibility index (Phi) is 4.51. The average molecular weight is 282 g/mol. The molecule has 0 aliphatic rings. The highest BCUT2D eigenvalue weighted by Gasteiger charge is 2.08. The molecule has 0 saturated carbocycles. The number of ether oxygens (including phenoxy) is 1. The molecule has 106 valence electrons. The van der Waals surface area contributed by atoms with Crippen LogP contribution in [0.4, 0.5) is 0 Å². The van der Waals surface area contributed by atoms with E-state index in [4.69, 9.17) is 9.84 Å². The van der Waals surface area contributed by atoms with Gasteiger partial charge in [-0.2, -0.15) is 0 Å². The first-order valence-electron chi connectivity index (χ1n) is 6.30. The summed E-state index contributed by atoms with van der Waals surface area (Å²) in [6, 6.07) is 14.4. The smallest absolute Gasteiger partial charge is 0.337 e. The molecule has 0 spiro atoms. The Morgan fingerprint density at radius 2 is 1.86 bits per heavy atom. The van der Waals surface area contributed by atoms with Gasteiger partial charge in [-0.15, -0.1) is 0 Å². The first-order chi connectivity index (χ1) is 10.1. The third-order valence-corrected chi connectivity index (χ3v) is 2.96. The number of methoxy groups -OCH3 is 1. The van der Waals surface area contributed by atoms with E-state index in [0.29, 0.717) is 5.56 Å². The molecule has 0 saturated heterocycles. The molecule has 4 heteroatoms. The number of carboxylic acid groups (broad SMARTS) is 1. The molecular formula is C17H14O4. The summed E-state index contributed by atoms with van der Waals surface area (Å²) in [5, 5.41) is 8.74. The fourth-order valence-electron chi connectivity index (χ4n) is 2.00. The van der Waals surface area contributed by atoms with Crippen molar-refractivity contribution in [1.29, 1.82) is 0 Å². The fraction of sp³-hybridized carbons (Fsp3) is 0.0588. The Hall–Kier alpha value is -2.88. The molecule has 0 radical (unpaired) electrons. The highest BCUT2D eigenvalue weighted by atomic mass is 16.5. The van der Waals surface area contributed by atoms with Gasteiger partial charge in [0.25, 0.3) is 0 Å². The molecule has 0 aromatic heterocycles. The van der Waals surface area contributed by atoms with E-state index in [1.807, 2.05) is 30.3 Å². The lowest BCUT2D eigenvalue weighted by molar-refractivity contribution is -0.131. The number of carbonyl (C=O) groups excluding carboxylic acids is 1. The van der Waals surface area contributed by atoms with E-state index >= 15 is 0 Å². The van der Waals surface area contributed by atoms with Crippen molar-refractivity contribution in [2.45, 2.75) is 0 Å². The molecule has 0 heterocycles. The minimum absolute atomic E-state index is 0.407. The van der Waals surface area contributed by atoms with E-state index in [1.165, 1.54) is 13.2 Å². The van der Waals surface area contributed by atoms with E-state index < -0.39 is 11.9 Å². The standard InChI is InChI=1S/C17H14O4/c1-21-17(20)14-7-4-6-13(11-14)15-8-3-2-5-12(15)9-10-16(18)19/h2-11H,1H3,(H,18,19)/b10-9+. The van der Waals surface area contributed by atoms with E-state index in [0.717, 1.165) is 22.8 Å². The van der Waals surface area contributed by atoms with Crippen LogP contribution in [0.1, 0.15) is 15.9 Å². The number of hydrogen-bond acceptors (Lipinski definition) is 3. The summed E-state index contributed by atoms with van der Waals surface area (Å²) < 4.78 is 4.71. The Bertz CT molecular complexity index is 701. The van der Waals surface area contributed by atoms with Gasteiger partial charge in [0.05, 0.1) is 12.7 Å². The van der Waals surface area contributed by atoms with Crippen molar-refractivity contribution in [3.63, 3.8) is 0 Å². The number of rotatable bonds is 4. The van der Waals surface area contributed by atoms with Gasteiger partial charge < -0.3 is 9.84 Å². The van der Waals surface area contributed by atoms with Crippen LogP contribution in [0.15, 0.2) is 54.6 Å². The Labute approximate surface area is 122 Å². The SMILES string of the molecule is COC(=O)c1cccc(-c2ccccc2/C=C/C(=O)O)c1. The van der Waals surface area contributed by atoms with Crippen LogP contribution < -0.4 is 0 Å². The molecule has 2 aromatic carbocycles. The van der Waals surface area contributed by atoms with E-state index in [-0.39, 0.29) is 0 Å². The number of carboxylic acids is 1. The second-order valence-electron chi connectivity index (χ2n) is 4.33. The zero-order valence-electron chi connectivity index (χ0n) is 11.4. The quantitative estimate of drug-likeness (QED) is 0.690. The van der Waals surface area contributed by atoms with Crippen molar-refractivity contribution < 1.29 is 19.4 Å². The summed E-state index contributed by atoms with van der Waals surface area (Å²) in [6.45, 7) is 0. The van der Waals surface area contributed by atoms with Crippen LogP contribution in [-0.4, -0.2) is 24.2 Å². The van der Waals surface area contributed by atoms with Gasteiger partial charge in [-0.1, -0.05) is 36.4 Å². The lowest BCUT2D eigenvalue weighted by Gasteiger charge is -2.07. The van der Waals surface area contributed by atoms with Crippen molar-refractivity contribution in [2.75, 3.05) is 7.11 Å². The highest BCUT2D eigenvalue weighted by molar-refractivity contribution is 5.92. The largest absolute Gasteiger partial charge is 0.478 e. The summed E-state index contributed by atoms with van der Waals surface area (Å²) in [6.07, 6.45) is 2.62. The van der Waals surface area contributed by atoms with Gasteiger partial charge in [0.1, 0.15) is 0 Å². The number of esters is 1. The normalized spacial score (nSPS) is 10.5. The van der Waals surface area contributed by atoms with Gasteiger partial charge in [0, 0.05) is 6.08 Å². The van der Waals surface area contributed by atoms with Crippen molar-refractivity contribution in [1.82, 2.24) is 0 Å². The van der Waals surface area contributed by atoms with Gasteiger partial charge in [0.15, 0.2) is 0 Å². The molecule has 0 atom stereocenters. The lowest BCUT2D eigenvalue weighted by Crippen LogP contribution is -2.00. The maximum Gasteiger partial charge on any atom is 0.337 e. The Morgan fingerprint density at radius 3 is 2.57 bits per heavy atom. The lowest BCUT2D eigenvalue weighted by atomic mass is 9.98. The molecule has 0 fully saturated rings. The number of aliphatic carboxylic acids is 1. The number of benzene rings is 2. The molecule has 1 N–H and O–H groups in total. The molecule has 0 aliphatic heterocycles. The second-order valence-corrected chi connectivity index (χ2v) is 4.33. The maximum absolute atomic E-state index is 11.6. The highest BCUT2D eigenvalue weighted by Crippen LogP contribution is 2.25. The second kappa shape index (κ2) is 6.52. The average Bonchev–Trinajstić information content (AvgIpc) is 2.52. The fourth-order valence-corrected chi connectivity index (χ4v) is 2.00. The first kappa shape index (κ1) is 14.5. The minimum atomic E-state index is -1.01. The first-order valence-corrected chi connectivity index (χ1v) is 6.30. The monoisotopic (exact) mass is 282 g/mol. The van der Waals surface area contributed by atoms with Crippen molar-refractivity contribution in [3.8, 4) is 11.1 Å². The number of hydrogen-bond donors (Lipinski definition) is 1. The third-order valence-electron chi connectivity index (χ3n) is 2.96. The van der Waals surface area contributed by atoms with Gasteiger partial charge in [-0.05, 0) is 34.9 Å². The topological polar surface area (TPSA) is 63.6 Å². The van der Waals surface area contributed by atoms with Crippen LogP contribution >= 0.6 is 0 Å². The number of carbonyl (C=O) groups is 2. The molecular weight excluding hydrogens is 268 g/mol. The van der Waals surface area contributed by atoms with E-state index in [2.05, 4.69) is 0 Å². The van der Waals surface area contributed by atoms with Gasteiger partial charge >= 0.3 is 11.9 Å². The summed E-state index contributed by atoms with van der Waals surface area (Å²) in [7, 11) is 1.33. The molecule has 4 nitrogen and oxygen atoms in total. The van der Waals surface area contributed by atoms with Crippen LogP contribution in [-0.2, 0) is 9.53 Å². The van der Waals surface area contributed by atoms with Crippen LogP contribution in [0.2, 0.25) is 0 Å². The molecule has 0 unspecified atom stereocenters. The molecule has 0 bridgehead atoms. The molecule has 21 heavy (non-hydrogen) atoms. The van der Waals surface area contributed by atoms with Crippen LogP contribution in [0, 0.1) is 0 Å². The van der Waals surface area contributed by atoms with E-state index in [1.54, 1.807) is 18.2 Å². The minimum Gasteiger partial charge on any atom is -0.478 e. The molecule has 2 rings (SSSR count). The van der Waals surface area contributed by atoms with E-state index in [9.17, 15) is 9.59 Å². The predicted molar refractivity (Wildman–Crippen MR) is 79.9 cm³/mol. The van der Waals surface area contributed by atoms with Crippen LogP contribution in [0.5, 0.6) is 0 Å². The summed E-state index contributed by atoms with van der Waals surface area (Å²) in [5.74, 6) is -1.41. The zero-order valence-corrected chi connectivity index (χ0v) is 11.4. The van der Waals surface area contributed by atoms with Gasteiger partial charge in [-0.3, -0.25) is 0 Å². The van der Waals surface area contributed by atoms with Crippen molar-refractivity contribution >= 4 is 18.0 Å². The van der Waals surface area contributed by atoms with Crippen LogP contribution in [0.3, 0.4) is 0 Å². The molecule has 0 aliphatic carbocycles. The summed E-state index contributed by atoms with van der Waals surface area (Å²) >= 11 is 0. The predicted octanol–water partition coefficient (Wildman–Crippen LogP) is 3.24. The van der Waals surface area contributed by atoms with Gasteiger partial charge in [0.2, 0.25) is 0 Å². The van der Waals surface area contributed by atoms with Crippen molar-refractivity contribution in [2.24, 2.45) is 0 Å². The summed E-state index contributed by atoms with van der Waals surface area (Å²) in [4.78, 5) is 22.2. The molecule has 0 amide bonds. The zero-order chi connectivity index (χ0) is 15.2. The maximum atomic E-state index is 11.6. The Balaban J connectivity index is 2.47. The van der Waals surface area contributed by atoms with Crippen LogP contribution in [0.25, 0.3) is 17.2 Å². The molecule has 2 aromatic rings. The van der Waals surface area contributed by atoms with Gasteiger partial charge in [-0.25, -0.2) is 9.59 Å². The van der Waals surface area contributed by atoms with Crippen molar-refractivity contribution in [3.05, 3.63) is 65.7 Å². The Morgan fingerprint density at radius 1 is 1.10 bits per heavy atom. The third kappa shape index (κ3) is 3.57.